The molecule has 0 spiro atoms. The van der Waals surface area contributed by atoms with Gasteiger partial charge in [0.15, 0.2) is 5.82 Å². The van der Waals surface area contributed by atoms with Gasteiger partial charge >= 0.3 is 0 Å². The molecule has 0 atom stereocenters. The van der Waals surface area contributed by atoms with Crippen LogP contribution in [0.3, 0.4) is 0 Å². The van der Waals surface area contributed by atoms with Crippen LogP contribution in [0, 0.1) is 0 Å². The fourth-order valence-electron chi connectivity index (χ4n) is 1.69. The third kappa shape index (κ3) is 2.74. The summed E-state index contributed by atoms with van der Waals surface area (Å²) in [7, 11) is 0. The molecule has 1 aromatic carbocycles. The van der Waals surface area contributed by atoms with Gasteiger partial charge in [-0.05, 0) is 24.1 Å². The zero-order valence-electron chi connectivity index (χ0n) is 10.1. The van der Waals surface area contributed by atoms with E-state index in [4.69, 9.17) is 28.9 Å². The second-order valence-corrected chi connectivity index (χ2v) is 5.22. The zero-order valence-corrected chi connectivity index (χ0v) is 11.6. The van der Waals surface area contributed by atoms with E-state index in [9.17, 15) is 0 Å². The summed E-state index contributed by atoms with van der Waals surface area (Å²) >= 11 is 11.9. The number of halogens is 2. The average molecular weight is 282 g/mol. The van der Waals surface area contributed by atoms with Crippen LogP contribution < -0.4 is 5.73 Å². The van der Waals surface area contributed by atoms with Crippen LogP contribution in [-0.2, 0) is 0 Å². The van der Waals surface area contributed by atoms with Crippen LogP contribution >= 0.6 is 23.2 Å². The molecule has 3 nitrogen and oxygen atoms in total. The maximum Gasteiger partial charge on any atom is 0.159 e. The molecule has 0 fully saturated rings. The predicted octanol–water partition coefficient (Wildman–Crippen LogP) is 4.16. The summed E-state index contributed by atoms with van der Waals surface area (Å²) < 4.78 is 0. The first kappa shape index (κ1) is 13.1. The van der Waals surface area contributed by atoms with Crippen LogP contribution in [-0.4, -0.2) is 9.97 Å². The highest BCUT2D eigenvalue weighted by molar-refractivity contribution is 6.35. The Kier molecular flexibility index (Phi) is 3.73. The zero-order chi connectivity index (χ0) is 13.3. The van der Waals surface area contributed by atoms with E-state index >= 15 is 0 Å². The lowest BCUT2D eigenvalue weighted by atomic mass is 10.1. The molecule has 18 heavy (non-hydrogen) atoms. The Hall–Kier alpha value is -1.32. The standard InChI is InChI=1S/C13H13Cl2N3/c1-7(2)12-11(16)6-17-13(18-12)8-3-9(14)5-10(15)4-8/h3-7H,16H2,1-2H3. The molecule has 2 N–H and O–H groups in total. The molecular formula is C13H13Cl2N3. The second kappa shape index (κ2) is 5.12. The van der Waals surface area contributed by atoms with Gasteiger partial charge in [0.25, 0.3) is 0 Å². The molecule has 0 aliphatic rings. The smallest absolute Gasteiger partial charge is 0.159 e. The Morgan fingerprint density at radius 1 is 1.11 bits per heavy atom. The Morgan fingerprint density at radius 2 is 1.72 bits per heavy atom. The van der Waals surface area contributed by atoms with E-state index in [0.717, 1.165) is 11.3 Å². The van der Waals surface area contributed by atoms with Crippen molar-refractivity contribution in [3.8, 4) is 11.4 Å². The summed E-state index contributed by atoms with van der Waals surface area (Å²) in [5.74, 6) is 0.818. The fourth-order valence-corrected chi connectivity index (χ4v) is 2.21. The Morgan fingerprint density at radius 3 is 2.28 bits per heavy atom. The lowest BCUT2D eigenvalue weighted by Crippen LogP contribution is -2.03. The van der Waals surface area contributed by atoms with Crippen LogP contribution in [0.5, 0.6) is 0 Å². The maximum absolute atomic E-state index is 5.97. The van der Waals surface area contributed by atoms with Gasteiger partial charge in [-0.15, -0.1) is 0 Å². The molecule has 0 unspecified atom stereocenters. The highest BCUT2D eigenvalue weighted by Gasteiger charge is 2.10. The summed E-state index contributed by atoms with van der Waals surface area (Å²) in [6.45, 7) is 4.07. The Bertz CT molecular complexity index is 562. The molecule has 0 aliphatic heterocycles. The maximum atomic E-state index is 5.97. The van der Waals surface area contributed by atoms with Crippen molar-refractivity contribution >= 4 is 28.9 Å². The molecule has 0 bridgehead atoms. The SMILES string of the molecule is CC(C)c1nc(-c2cc(Cl)cc(Cl)c2)ncc1N. The van der Waals surface area contributed by atoms with Crippen LogP contribution in [0.4, 0.5) is 5.69 Å². The van der Waals surface area contributed by atoms with Crippen molar-refractivity contribution in [2.24, 2.45) is 0 Å². The highest BCUT2D eigenvalue weighted by Crippen LogP contribution is 2.27. The monoisotopic (exact) mass is 281 g/mol. The van der Waals surface area contributed by atoms with Crippen molar-refractivity contribution < 1.29 is 0 Å². The van der Waals surface area contributed by atoms with Gasteiger partial charge in [-0.3, -0.25) is 0 Å². The van der Waals surface area contributed by atoms with E-state index in [1.807, 2.05) is 13.8 Å². The summed E-state index contributed by atoms with van der Waals surface area (Å²) in [5.41, 5.74) is 8.07. The van der Waals surface area contributed by atoms with Gasteiger partial charge in [-0.25, -0.2) is 9.97 Å². The predicted molar refractivity (Wildman–Crippen MR) is 76.0 cm³/mol. The van der Waals surface area contributed by atoms with Crippen molar-refractivity contribution in [1.29, 1.82) is 0 Å². The van der Waals surface area contributed by atoms with Gasteiger partial charge in [0.05, 0.1) is 17.6 Å². The topological polar surface area (TPSA) is 51.8 Å². The van der Waals surface area contributed by atoms with Gasteiger partial charge in [-0.2, -0.15) is 0 Å². The molecule has 1 heterocycles. The Labute approximate surface area is 116 Å². The van der Waals surface area contributed by atoms with Crippen molar-refractivity contribution in [2.75, 3.05) is 5.73 Å². The molecule has 1 aromatic heterocycles. The number of nitrogens with zero attached hydrogens (tertiary/aromatic N) is 2. The van der Waals surface area contributed by atoms with Crippen molar-refractivity contribution in [2.45, 2.75) is 19.8 Å². The fraction of sp³-hybridized carbons (Fsp3) is 0.231. The summed E-state index contributed by atoms with van der Waals surface area (Å²) in [5, 5.41) is 1.12. The van der Waals surface area contributed by atoms with Gasteiger partial charge in [-0.1, -0.05) is 37.0 Å². The van der Waals surface area contributed by atoms with Crippen LogP contribution in [0.1, 0.15) is 25.5 Å². The molecule has 0 radical (unpaired) electrons. The highest BCUT2D eigenvalue weighted by atomic mass is 35.5. The minimum Gasteiger partial charge on any atom is -0.396 e. The van der Waals surface area contributed by atoms with Crippen LogP contribution in [0.2, 0.25) is 10.0 Å². The van der Waals surface area contributed by atoms with E-state index in [2.05, 4.69) is 9.97 Å². The first-order valence-electron chi connectivity index (χ1n) is 5.56. The van der Waals surface area contributed by atoms with Gasteiger partial charge in [0.1, 0.15) is 0 Å². The molecule has 5 heteroatoms. The van der Waals surface area contributed by atoms with E-state index < -0.39 is 0 Å². The van der Waals surface area contributed by atoms with Crippen molar-refractivity contribution in [3.05, 3.63) is 40.1 Å². The normalized spacial score (nSPS) is 10.9. The van der Waals surface area contributed by atoms with Crippen LogP contribution in [0.15, 0.2) is 24.4 Å². The number of anilines is 1. The number of nitrogen functional groups attached to an aromatic ring is 1. The van der Waals surface area contributed by atoms with E-state index in [-0.39, 0.29) is 5.92 Å². The molecule has 0 amide bonds. The second-order valence-electron chi connectivity index (χ2n) is 4.35. The van der Waals surface area contributed by atoms with Gasteiger partial charge in [0, 0.05) is 15.6 Å². The van der Waals surface area contributed by atoms with Gasteiger partial charge < -0.3 is 5.73 Å². The number of hydrogen-bond donors (Lipinski definition) is 1. The van der Waals surface area contributed by atoms with Crippen molar-refractivity contribution in [1.82, 2.24) is 9.97 Å². The lowest BCUT2D eigenvalue weighted by molar-refractivity contribution is 0.821. The minimum absolute atomic E-state index is 0.237. The molecule has 0 saturated carbocycles. The largest absolute Gasteiger partial charge is 0.396 e. The first-order chi connectivity index (χ1) is 8.47. The molecule has 2 aromatic rings. The average Bonchev–Trinajstić information content (AvgIpc) is 2.27. The quantitative estimate of drug-likeness (QED) is 0.899. The molecule has 94 valence electrons. The lowest BCUT2D eigenvalue weighted by Gasteiger charge is -2.10. The molecule has 0 aliphatic carbocycles. The molecule has 0 saturated heterocycles. The number of hydrogen-bond acceptors (Lipinski definition) is 3. The Balaban J connectivity index is 2.54. The number of rotatable bonds is 2. The molecule has 2 rings (SSSR count). The number of benzene rings is 1. The summed E-state index contributed by atoms with van der Waals surface area (Å²) in [4.78, 5) is 8.69. The summed E-state index contributed by atoms with van der Waals surface area (Å²) in [6.07, 6.45) is 1.62. The summed E-state index contributed by atoms with van der Waals surface area (Å²) in [6, 6.07) is 5.24. The van der Waals surface area contributed by atoms with Crippen LogP contribution in [0.25, 0.3) is 11.4 Å². The minimum atomic E-state index is 0.237. The third-order valence-corrected chi connectivity index (χ3v) is 2.95. The van der Waals surface area contributed by atoms with E-state index in [0.29, 0.717) is 21.6 Å². The number of nitrogens with two attached hydrogens (primary N) is 1. The van der Waals surface area contributed by atoms with Gasteiger partial charge in [0.2, 0.25) is 0 Å². The van der Waals surface area contributed by atoms with E-state index in [1.54, 1.807) is 24.4 Å². The van der Waals surface area contributed by atoms with E-state index in [1.165, 1.54) is 0 Å². The third-order valence-electron chi connectivity index (χ3n) is 2.52. The van der Waals surface area contributed by atoms with Crippen molar-refractivity contribution in [3.63, 3.8) is 0 Å². The first-order valence-corrected chi connectivity index (χ1v) is 6.32. The number of aromatic nitrogens is 2. The molecular weight excluding hydrogens is 269 g/mol.